The maximum Gasteiger partial charge on any atom is 0.471 e. The number of carbonyl (C=O) groups is 2. The normalized spacial score (nSPS) is 22.3. The molecule has 2 bridgehead atoms. The third-order valence-corrected chi connectivity index (χ3v) is 7.26. The maximum absolute atomic E-state index is 13.9. The summed E-state index contributed by atoms with van der Waals surface area (Å²) in [6, 6.07) is 5.19. The van der Waals surface area contributed by atoms with Crippen molar-refractivity contribution in [1.82, 2.24) is 15.2 Å². The van der Waals surface area contributed by atoms with Crippen molar-refractivity contribution >= 4 is 28.3 Å². The van der Waals surface area contributed by atoms with Gasteiger partial charge < -0.3 is 15.1 Å². The molecule has 6 nitrogen and oxygen atoms in total. The summed E-state index contributed by atoms with van der Waals surface area (Å²) in [7, 11) is 3.55. The molecule has 0 radical (unpaired) electrons. The van der Waals surface area contributed by atoms with Crippen molar-refractivity contribution in [3.63, 3.8) is 0 Å². The van der Waals surface area contributed by atoms with Crippen LogP contribution in [0.4, 0.5) is 22.7 Å². The lowest BCUT2D eigenvalue weighted by atomic mass is 9.98. The predicted octanol–water partition coefficient (Wildman–Crippen LogP) is 3.69. The minimum Gasteiger partial charge on any atom is -0.354 e. The van der Waals surface area contributed by atoms with Gasteiger partial charge in [0.25, 0.3) is 5.91 Å². The second-order valence-electron chi connectivity index (χ2n) is 8.29. The zero-order chi connectivity index (χ0) is 23.2. The number of nitrogens with zero attached hydrogens (tertiary/aromatic N) is 3. The van der Waals surface area contributed by atoms with Gasteiger partial charge >= 0.3 is 12.1 Å². The SMILES string of the molecule is CN(C)c1nc(C(=O)N2[C@@H]3CC[C@@H](C3)[C@H]2CNC(=O)C(F)(F)F)c(-c2cccc(F)c2)s1. The zero-order valence-electron chi connectivity index (χ0n) is 17.4. The van der Waals surface area contributed by atoms with Crippen LogP contribution >= 0.6 is 11.3 Å². The fourth-order valence-electron chi connectivity index (χ4n) is 4.56. The summed E-state index contributed by atoms with van der Waals surface area (Å²) >= 11 is 1.24. The number of piperidine rings is 1. The third-order valence-electron chi connectivity index (χ3n) is 5.99. The Labute approximate surface area is 186 Å². The first-order valence-electron chi connectivity index (χ1n) is 10.2. The number of anilines is 1. The van der Waals surface area contributed by atoms with E-state index in [1.165, 1.54) is 23.5 Å². The maximum atomic E-state index is 13.9. The number of alkyl halides is 3. The molecule has 11 heteroatoms. The molecule has 2 aliphatic rings. The molecule has 2 amide bonds. The second kappa shape index (κ2) is 8.34. The van der Waals surface area contributed by atoms with Gasteiger partial charge in [-0.05, 0) is 42.9 Å². The Kier molecular flexibility index (Phi) is 5.87. The number of rotatable bonds is 5. The standard InChI is InChI=1S/C21H22F4N4O2S/c1-28(2)20-27-16(17(32-20)12-4-3-5-13(22)8-12)18(30)29-14-7-6-11(9-14)15(29)10-26-19(31)21(23,24)25/h3-5,8,11,14-15H,6-7,9-10H2,1-2H3,(H,26,31)/t11-,14+,15+/m0/s1. The molecule has 1 N–H and O–H groups in total. The number of aromatic nitrogens is 1. The van der Waals surface area contributed by atoms with Crippen molar-refractivity contribution in [2.24, 2.45) is 5.92 Å². The number of nitrogens with one attached hydrogen (secondary N) is 1. The molecule has 1 aromatic heterocycles. The average Bonchev–Trinajstić information content (AvgIpc) is 3.44. The molecule has 172 valence electrons. The Morgan fingerprint density at radius 3 is 2.69 bits per heavy atom. The van der Waals surface area contributed by atoms with Crippen LogP contribution in [0.15, 0.2) is 24.3 Å². The van der Waals surface area contributed by atoms with E-state index in [9.17, 15) is 27.2 Å². The number of fused-ring (bicyclic) bond motifs is 2. The van der Waals surface area contributed by atoms with Crippen LogP contribution < -0.4 is 10.2 Å². The van der Waals surface area contributed by atoms with Crippen molar-refractivity contribution in [2.45, 2.75) is 37.5 Å². The van der Waals surface area contributed by atoms with E-state index in [2.05, 4.69) is 4.98 Å². The molecule has 0 spiro atoms. The number of carbonyl (C=O) groups excluding carboxylic acids is 2. The fraction of sp³-hybridized carbons (Fsp3) is 0.476. The topological polar surface area (TPSA) is 65.5 Å². The molecule has 3 atom stereocenters. The molecular weight excluding hydrogens is 448 g/mol. The van der Waals surface area contributed by atoms with Crippen molar-refractivity contribution in [3.05, 3.63) is 35.8 Å². The van der Waals surface area contributed by atoms with Gasteiger partial charge in [0, 0.05) is 26.7 Å². The van der Waals surface area contributed by atoms with Gasteiger partial charge in [0.1, 0.15) is 11.5 Å². The molecule has 4 rings (SSSR count). The number of benzene rings is 1. The molecule has 1 aromatic carbocycles. The predicted molar refractivity (Wildman–Crippen MR) is 112 cm³/mol. The van der Waals surface area contributed by atoms with Crippen LogP contribution in [0.5, 0.6) is 0 Å². The van der Waals surface area contributed by atoms with Gasteiger partial charge in [-0.3, -0.25) is 9.59 Å². The van der Waals surface area contributed by atoms with E-state index in [1.54, 1.807) is 36.0 Å². The van der Waals surface area contributed by atoms with Crippen LogP contribution in [0.1, 0.15) is 29.8 Å². The molecule has 1 saturated heterocycles. The molecule has 1 aliphatic heterocycles. The summed E-state index contributed by atoms with van der Waals surface area (Å²) in [5.41, 5.74) is 0.647. The van der Waals surface area contributed by atoms with Gasteiger partial charge in [0.2, 0.25) is 0 Å². The van der Waals surface area contributed by atoms with Crippen LogP contribution in [0.3, 0.4) is 0 Å². The highest BCUT2D eigenvalue weighted by Crippen LogP contribution is 2.44. The van der Waals surface area contributed by atoms with Gasteiger partial charge in [-0.15, -0.1) is 0 Å². The molecule has 1 aliphatic carbocycles. The molecule has 0 unspecified atom stereocenters. The average molecular weight is 470 g/mol. The van der Waals surface area contributed by atoms with E-state index in [4.69, 9.17) is 0 Å². The lowest BCUT2D eigenvalue weighted by Gasteiger charge is -2.35. The highest BCUT2D eigenvalue weighted by Gasteiger charge is 2.50. The van der Waals surface area contributed by atoms with Gasteiger partial charge in [-0.25, -0.2) is 9.37 Å². The minimum atomic E-state index is -4.98. The monoisotopic (exact) mass is 470 g/mol. The summed E-state index contributed by atoms with van der Waals surface area (Å²) in [4.78, 5) is 33.2. The third kappa shape index (κ3) is 4.17. The highest BCUT2D eigenvalue weighted by atomic mass is 32.1. The van der Waals surface area contributed by atoms with E-state index >= 15 is 0 Å². The fourth-order valence-corrected chi connectivity index (χ4v) is 5.54. The number of hydrogen-bond acceptors (Lipinski definition) is 5. The van der Waals surface area contributed by atoms with E-state index in [0.717, 1.165) is 12.8 Å². The molecule has 2 aromatic rings. The number of amides is 2. The van der Waals surface area contributed by atoms with Crippen LogP contribution in [-0.4, -0.2) is 60.6 Å². The van der Waals surface area contributed by atoms with E-state index in [-0.39, 0.29) is 24.2 Å². The number of hydrogen-bond donors (Lipinski definition) is 1. The Balaban J connectivity index is 1.66. The van der Waals surface area contributed by atoms with Gasteiger partial charge in [-0.1, -0.05) is 23.5 Å². The first-order valence-corrected chi connectivity index (χ1v) is 11.0. The Hall–Kier alpha value is -2.69. The van der Waals surface area contributed by atoms with Crippen LogP contribution in [0, 0.1) is 11.7 Å². The summed E-state index contributed by atoms with van der Waals surface area (Å²) in [5.74, 6) is -2.86. The smallest absolute Gasteiger partial charge is 0.354 e. The summed E-state index contributed by atoms with van der Waals surface area (Å²) in [6.45, 7) is -0.273. The Bertz CT molecular complexity index is 1040. The van der Waals surface area contributed by atoms with Crippen molar-refractivity contribution in [2.75, 3.05) is 25.5 Å². The second-order valence-corrected chi connectivity index (χ2v) is 9.27. The molecular formula is C21H22F4N4O2S. The summed E-state index contributed by atoms with van der Waals surface area (Å²) < 4.78 is 51.8. The lowest BCUT2D eigenvalue weighted by Crippen LogP contribution is -2.52. The van der Waals surface area contributed by atoms with E-state index < -0.39 is 29.8 Å². The van der Waals surface area contributed by atoms with Crippen molar-refractivity contribution in [3.8, 4) is 10.4 Å². The lowest BCUT2D eigenvalue weighted by molar-refractivity contribution is -0.173. The molecule has 1 saturated carbocycles. The van der Waals surface area contributed by atoms with E-state index in [0.29, 0.717) is 22.0 Å². The number of thiazole rings is 1. The van der Waals surface area contributed by atoms with Gasteiger partial charge in [-0.2, -0.15) is 13.2 Å². The van der Waals surface area contributed by atoms with Gasteiger partial charge in [0.15, 0.2) is 5.13 Å². The first kappa shape index (κ1) is 22.5. The molecule has 32 heavy (non-hydrogen) atoms. The summed E-state index contributed by atoms with van der Waals surface area (Å²) in [6.07, 6.45) is -2.76. The van der Waals surface area contributed by atoms with Crippen LogP contribution in [0.25, 0.3) is 10.4 Å². The molecule has 2 heterocycles. The van der Waals surface area contributed by atoms with Crippen LogP contribution in [-0.2, 0) is 4.79 Å². The van der Waals surface area contributed by atoms with Crippen LogP contribution in [0.2, 0.25) is 0 Å². The van der Waals surface area contributed by atoms with Gasteiger partial charge in [0.05, 0.1) is 10.9 Å². The first-order chi connectivity index (χ1) is 15.1. The van der Waals surface area contributed by atoms with Crippen molar-refractivity contribution in [1.29, 1.82) is 0 Å². The quantitative estimate of drug-likeness (QED) is 0.677. The summed E-state index contributed by atoms with van der Waals surface area (Å²) in [5, 5.41) is 2.48. The van der Waals surface area contributed by atoms with Crippen molar-refractivity contribution < 1.29 is 27.2 Å². The Morgan fingerprint density at radius 2 is 2.03 bits per heavy atom. The number of halogens is 4. The zero-order valence-corrected chi connectivity index (χ0v) is 18.3. The highest BCUT2D eigenvalue weighted by molar-refractivity contribution is 7.19. The van der Waals surface area contributed by atoms with E-state index in [1.807, 2.05) is 5.32 Å². The Morgan fingerprint density at radius 1 is 1.28 bits per heavy atom. The molecule has 2 fully saturated rings. The number of likely N-dealkylation sites (tertiary alicyclic amines) is 1. The largest absolute Gasteiger partial charge is 0.471 e. The minimum absolute atomic E-state index is 0.0158.